The summed E-state index contributed by atoms with van der Waals surface area (Å²) in [6.45, 7) is 6.87. The number of halogens is 2. The molecular weight excluding hydrogens is 570 g/mol. The molecule has 4 aromatic rings. The number of piperidine rings is 1. The molecule has 1 saturated heterocycles. The van der Waals surface area contributed by atoms with Crippen molar-refractivity contribution in [1.29, 1.82) is 0 Å². The van der Waals surface area contributed by atoms with Crippen molar-refractivity contribution >= 4 is 23.4 Å². The van der Waals surface area contributed by atoms with Crippen LogP contribution in [0.1, 0.15) is 39.2 Å². The van der Waals surface area contributed by atoms with Gasteiger partial charge in [0.25, 0.3) is 5.88 Å². The van der Waals surface area contributed by atoms with E-state index in [4.69, 9.17) is 9.47 Å². The lowest BCUT2D eigenvalue weighted by Crippen LogP contribution is -2.41. The molecule has 0 amide bonds. The van der Waals surface area contributed by atoms with Crippen LogP contribution < -0.4 is 19.7 Å². The zero-order valence-corrected chi connectivity index (χ0v) is 24.8. The summed E-state index contributed by atoms with van der Waals surface area (Å²) in [5.74, 6) is -0.466. The Bertz CT molecular complexity index is 1640. The lowest BCUT2D eigenvalue weighted by Gasteiger charge is -2.33. The van der Waals surface area contributed by atoms with E-state index in [9.17, 15) is 18.7 Å². The fourth-order valence-electron chi connectivity index (χ4n) is 4.96. The van der Waals surface area contributed by atoms with Crippen molar-refractivity contribution < 1.29 is 28.2 Å². The van der Waals surface area contributed by atoms with Crippen LogP contribution in [0.25, 0.3) is 11.3 Å². The van der Waals surface area contributed by atoms with Gasteiger partial charge in [-0.05, 0) is 82.0 Å². The smallest absolute Gasteiger partial charge is 0.309 e. The van der Waals surface area contributed by atoms with Gasteiger partial charge in [0.2, 0.25) is 0 Å². The summed E-state index contributed by atoms with van der Waals surface area (Å²) >= 11 is 0. The van der Waals surface area contributed by atoms with Crippen molar-refractivity contribution in [1.82, 2.24) is 19.9 Å². The third kappa shape index (κ3) is 7.19. The number of aliphatic carboxylic acids is 1. The molecule has 4 heterocycles. The summed E-state index contributed by atoms with van der Waals surface area (Å²) in [4.78, 5) is 31.2. The average molecular weight is 605 g/mol. The number of carbonyl (C=O) groups is 1. The fraction of sp³-hybridized carbons (Fsp3) is 0.344. The second kappa shape index (κ2) is 13.2. The summed E-state index contributed by atoms with van der Waals surface area (Å²) in [6.07, 6.45) is 6.45. The second-order valence-electron chi connectivity index (χ2n) is 11.2. The molecule has 0 bridgehead atoms. The number of carboxylic acids is 1. The molecule has 1 aliphatic heterocycles. The van der Waals surface area contributed by atoms with Crippen LogP contribution in [0.2, 0.25) is 0 Å². The summed E-state index contributed by atoms with van der Waals surface area (Å²) in [7, 11) is 0. The number of hydrogen-bond acceptors (Lipinski definition) is 9. The minimum absolute atomic E-state index is 0.131. The first kappa shape index (κ1) is 30.6. The van der Waals surface area contributed by atoms with Crippen LogP contribution in [0.3, 0.4) is 0 Å². The summed E-state index contributed by atoms with van der Waals surface area (Å²) < 4.78 is 41.6. The van der Waals surface area contributed by atoms with Crippen LogP contribution in [0.5, 0.6) is 11.6 Å². The van der Waals surface area contributed by atoms with Crippen LogP contribution in [0.4, 0.5) is 26.2 Å². The largest absolute Gasteiger partial charge is 0.488 e. The number of benzene rings is 1. The van der Waals surface area contributed by atoms with E-state index in [0.717, 1.165) is 19.4 Å². The first-order valence-corrected chi connectivity index (χ1v) is 14.4. The summed E-state index contributed by atoms with van der Waals surface area (Å²) in [5.41, 5.74) is -0.115. The first-order chi connectivity index (χ1) is 21.1. The Balaban J connectivity index is 1.33. The molecular formula is C32H34F2N6O4. The Morgan fingerprint density at radius 2 is 1.95 bits per heavy atom. The number of pyridine rings is 2. The maximum atomic E-state index is 14.9. The highest BCUT2D eigenvalue weighted by molar-refractivity contribution is 5.74. The number of ether oxygens (including phenoxy) is 2. The predicted molar refractivity (Wildman–Crippen MR) is 161 cm³/mol. The quantitative estimate of drug-likeness (QED) is 0.209. The van der Waals surface area contributed by atoms with Crippen molar-refractivity contribution in [2.24, 2.45) is 5.41 Å². The number of nitrogens with one attached hydrogen (secondary N) is 1. The normalized spacial score (nSPS) is 15.1. The van der Waals surface area contributed by atoms with Crippen molar-refractivity contribution in [3.05, 3.63) is 78.3 Å². The lowest BCUT2D eigenvalue weighted by molar-refractivity contribution is -0.146. The van der Waals surface area contributed by atoms with Gasteiger partial charge >= 0.3 is 5.97 Å². The molecule has 0 aliphatic carbocycles. The minimum atomic E-state index is -1.05. The van der Waals surface area contributed by atoms with Gasteiger partial charge in [0, 0.05) is 18.3 Å². The third-order valence-electron chi connectivity index (χ3n) is 7.26. The zero-order valence-electron chi connectivity index (χ0n) is 24.8. The molecule has 1 fully saturated rings. The zero-order chi connectivity index (χ0) is 31.3. The third-order valence-corrected chi connectivity index (χ3v) is 7.26. The molecule has 3 aromatic heterocycles. The Kier molecular flexibility index (Phi) is 9.17. The second-order valence-corrected chi connectivity index (χ2v) is 11.2. The van der Waals surface area contributed by atoms with E-state index in [2.05, 4.69) is 25.3 Å². The molecule has 1 aliphatic rings. The number of hydrogen-bond donors (Lipinski definition) is 2. The minimum Gasteiger partial charge on any atom is -0.488 e. The van der Waals surface area contributed by atoms with Gasteiger partial charge in [0.05, 0.1) is 36.7 Å². The van der Waals surface area contributed by atoms with Gasteiger partial charge in [-0.1, -0.05) is 6.07 Å². The van der Waals surface area contributed by atoms with E-state index in [1.807, 2.05) is 17.9 Å². The van der Waals surface area contributed by atoms with Gasteiger partial charge in [-0.25, -0.2) is 23.7 Å². The van der Waals surface area contributed by atoms with Gasteiger partial charge in [0.1, 0.15) is 17.7 Å². The molecule has 0 radical (unpaired) electrons. The number of rotatable bonds is 11. The van der Waals surface area contributed by atoms with Gasteiger partial charge in [-0.3, -0.25) is 9.78 Å². The van der Waals surface area contributed by atoms with Gasteiger partial charge in [-0.15, -0.1) is 0 Å². The van der Waals surface area contributed by atoms with E-state index in [1.165, 1.54) is 30.5 Å². The first-order valence-electron chi connectivity index (χ1n) is 14.4. The van der Waals surface area contributed by atoms with Crippen LogP contribution in [-0.2, 0) is 11.2 Å². The number of carboxylic acid groups (broad SMARTS) is 1. The maximum Gasteiger partial charge on any atom is 0.309 e. The van der Waals surface area contributed by atoms with Crippen molar-refractivity contribution in [3.63, 3.8) is 0 Å². The average Bonchev–Trinajstić information content (AvgIpc) is 3.00. The topological polar surface area (TPSA) is 123 Å². The fourth-order valence-corrected chi connectivity index (χ4v) is 4.96. The van der Waals surface area contributed by atoms with Gasteiger partial charge in [0.15, 0.2) is 23.2 Å². The van der Waals surface area contributed by atoms with Gasteiger partial charge < -0.3 is 24.8 Å². The molecule has 2 N–H and O–H groups in total. The van der Waals surface area contributed by atoms with E-state index >= 15 is 0 Å². The molecule has 10 nitrogen and oxygen atoms in total. The molecule has 44 heavy (non-hydrogen) atoms. The SMILES string of the molecule is CCOc1cccnc1O[C@@H]1CCCN(c2cncc(Nc3nc(-c4cc(CC(C)(C)C(=O)O)ccc4F)ccc3F)n2)C1. The number of nitrogens with zero attached hydrogens (tertiary/aromatic N) is 5. The van der Waals surface area contributed by atoms with Crippen LogP contribution in [0.15, 0.2) is 61.1 Å². The highest BCUT2D eigenvalue weighted by atomic mass is 19.1. The molecule has 230 valence electrons. The van der Waals surface area contributed by atoms with Crippen molar-refractivity contribution in [2.75, 3.05) is 29.9 Å². The summed E-state index contributed by atoms with van der Waals surface area (Å²) in [6, 6.07) is 10.5. The van der Waals surface area contributed by atoms with E-state index < -0.39 is 23.0 Å². The number of anilines is 3. The van der Waals surface area contributed by atoms with Crippen LogP contribution in [-0.4, -0.2) is 56.8 Å². The monoisotopic (exact) mass is 604 g/mol. The molecule has 1 atom stereocenters. The highest BCUT2D eigenvalue weighted by Gasteiger charge is 2.28. The predicted octanol–water partition coefficient (Wildman–Crippen LogP) is 6.06. The van der Waals surface area contributed by atoms with Crippen LogP contribution in [0, 0.1) is 17.0 Å². The van der Waals surface area contributed by atoms with Gasteiger partial charge in [-0.2, -0.15) is 0 Å². The van der Waals surface area contributed by atoms with Crippen molar-refractivity contribution in [3.8, 4) is 22.9 Å². The van der Waals surface area contributed by atoms with Crippen LogP contribution >= 0.6 is 0 Å². The van der Waals surface area contributed by atoms with Crippen molar-refractivity contribution in [2.45, 2.75) is 46.1 Å². The molecule has 0 saturated carbocycles. The Morgan fingerprint density at radius 3 is 2.75 bits per heavy atom. The summed E-state index contributed by atoms with van der Waals surface area (Å²) in [5, 5.41) is 12.4. The molecule has 0 spiro atoms. The molecule has 0 unspecified atom stereocenters. The van der Waals surface area contributed by atoms with E-state index in [-0.39, 0.29) is 35.4 Å². The molecule has 5 rings (SSSR count). The lowest BCUT2D eigenvalue weighted by atomic mass is 9.85. The van der Waals surface area contributed by atoms with E-state index in [1.54, 1.807) is 38.4 Å². The number of aromatic nitrogens is 4. The Morgan fingerprint density at radius 1 is 1.14 bits per heavy atom. The molecule has 1 aromatic carbocycles. The Labute approximate surface area is 254 Å². The highest BCUT2D eigenvalue weighted by Crippen LogP contribution is 2.31. The maximum absolute atomic E-state index is 14.9. The standard InChI is InChI=1S/C32H34F2N6O4/c1-4-43-26-8-5-13-36-30(26)44-21-7-6-14-40(19-21)28-18-35-17-27(38-28)39-29-24(34)11-12-25(37-29)22-15-20(9-10-23(22)33)16-32(2,3)31(41)42/h5,8-13,15,17-18,21H,4,6-7,14,16,19H2,1-3H3,(H,41,42)(H,37,38,39)/t21-/m1/s1. The van der Waals surface area contributed by atoms with E-state index in [0.29, 0.717) is 36.2 Å². The Hall–Kier alpha value is -4.87. The molecule has 12 heteroatoms.